The Morgan fingerprint density at radius 1 is 1.53 bits per heavy atom. The number of hydrogen-bond donors (Lipinski definition) is 1. The average molecular weight is 263 g/mol. The van der Waals surface area contributed by atoms with Gasteiger partial charge in [0.25, 0.3) is 0 Å². The largest absolute Gasteiger partial charge is 0.396 e. The van der Waals surface area contributed by atoms with Gasteiger partial charge < -0.3 is 10.0 Å². The second-order valence-corrected chi connectivity index (χ2v) is 4.93. The number of nitrogens with zero attached hydrogens (tertiary/aromatic N) is 1. The molecule has 1 aliphatic rings. The van der Waals surface area contributed by atoms with Crippen molar-refractivity contribution in [1.82, 2.24) is 4.90 Å². The van der Waals surface area contributed by atoms with E-state index >= 15 is 0 Å². The van der Waals surface area contributed by atoms with Gasteiger partial charge in [-0.05, 0) is 25.0 Å². The minimum Gasteiger partial charge on any atom is -0.396 e. The Morgan fingerprint density at radius 3 is 2.89 bits per heavy atom. The van der Waals surface area contributed by atoms with Gasteiger partial charge in [-0.15, -0.1) is 0 Å². The maximum absolute atomic E-state index is 13.6. The molecule has 0 aliphatic carbocycles. The summed E-state index contributed by atoms with van der Waals surface area (Å²) in [7, 11) is 0. The predicted octanol–water partition coefficient (Wildman–Crippen LogP) is 2.07. The summed E-state index contributed by atoms with van der Waals surface area (Å²) in [5.74, 6) is -0.262. The van der Waals surface area contributed by atoms with Crippen LogP contribution in [0.15, 0.2) is 30.3 Å². The Balaban J connectivity index is 2.09. The van der Waals surface area contributed by atoms with E-state index in [-0.39, 0.29) is 24.2 Å². The van der Waals surface area contributed by atoms with E-state index in [9.17, 15) is 9.18 Å². The topological polar surface area (TPSA) is 40.5 Å². The smallest absolute Gasteiger partial charge is 0.246 e. The number of hydrogen-bond acceptors (Lipinski definition) is 2. The number of amides is 1. The van der Waals surface area contributed by atoms with Gasteiger partial charge >= 0.3 is 0 Å². The van der Waals surface area contributed by atoms with E-state index in [1.807, 2.05) is 0 Å². The third kappa shape index (κ3) is 3.20. The van der Waals surface area contributed by atoms with Crippen LogP contribution < -0.4 is 0 Å². The SMILES string of the molecule is C/C(=C/C(=O)N1CCC(CO)C1)c1ccccc1F. The van der Waals surface area contributed by atoms with Crippen LogP contribution in [0, 0.1) is 11.7 Å². The fourth-order valence-electron chi connectivity index (χ4n) is 2.32. The second-order valence-electron chi connectivity index (χ2n) is 4.93. The van der Waals surface area contributed by atoms with Crippen molar-refractivity contribution < 1.29 is 14.3 Å². The van der Waals surface area contributed by atoms with Crippen molar-refractivity contribution >= 4 is 11.5 Å². The van der Waals surface area contributed by atoms with Crippen molar-refractivity contribution in [1.29, 1.82) is 0 Å². The van der Waals surface area contributed by atoms with Crippen molar-refractivity contribution in [3.8, 4) is 0 Å². The molecule has 0 saturated carbocycles. The van der Waals surface area contributed by atoms with Gasteiger partial charge in [0.15, 0.2) is 0 Å². The first-order valence-corrected chi connectivity index (χ1v) is 6.44. The molecule has 1 saturated heterocycles. The van der Waals surface area contributed by atoms with Crippen molar-refractivity contribution in [2.45, 2.75) is 13.3 Å². The predicted molar refractivity (Wildman–Crippen MR) is 71.8 cm³/mol. The molecule has 2 rings (SSSR count). The molecule has 1 aromatic carbocycles. The summed E-state index contributed by atoms with van der Waals surface area (Å²) in [5, 5.41) is 9.06. The number of rotatable bonds is 3. The van der Waals surface area contributed by atoms with Crippen LogP contribution >= 0.6 is 0 Å². The van der Waals surface area contributed by atoms with Crippen molar-refractivity contribution in [3.05, 3.63) is 41.7 Å². The number of aliphatic hydroxyl groups excluding tert-OH is 1. The fourth-order valence-corrected chi connectivity index (χ4v) is 2.32. The third-order valence-electron chi connectivity index (χ3n) is 3.49. The van der Waals surface area contributed by atoms with E-state index < -0.39 is 0 Å². The summed E-state index contributed by atoms with van der Waals surface area (Å²) in [6.45, 7) is 3.08. The molecule has 1 aliphatic heterocycles. The van der Waals surface area contributed by atoms with Crippen LogP contribution in [-0.4, -0.2) is 35.6 Å². The van der Waals surface area contributed by atoms with Gasteiger partial charge in [-0.25, -0.2) is 4.39 Å². The zero-order chi connectivity index (χ0) is 13.8. The second kappa shape index (κ2) is 5.97. The van der Waals surface area contributed by atoms with Crippen LogP contribution in [0.2, 0.25) is 0 Å². The number of allylic oxidation sites excluding steroid dienone is 1. The molecule has 1 N–H and O–H groups in total. The molecule has 1 heterocycles. The lowest BCUT2D eigenvalue weighted by Crippen LogP contribution is -2.27. The molecule has 0 bridgehead atoms. The summed E-state index contributed by atoms with van der Waals surface area (Å²) in [4.78, 5) is 13.7. The Morgan fingerprint density at radius 2 is 2.26 bits per heavy atom. The van der Waals surface area contributed by atoms with Crippen LogP contribution in [-0.2, 0) is 4.79 Å². The van der Waals surface area contributed by atoms with E-state index in [1.54, 1.807) is 30.0 Å². The Bertz CT molecular complexity index is 499. The molecule has 4 heteroatoms. The summed E-state index contributed by atoms with van der Waals surface area (Å²) in [5.41, 5.74) is 1.07. The van der Waals surface area contributed by atoms with Crippen LogP contribution in [0.4, 0.5) is 4.39 Å². The summed E-state index contributed by atoms with van der Waals surface area (Å²) < 4.78 is 13.6. The zero-order valence-corrected chi connectivity index (χ0v) is 11.0. The minimum atomic E-state index is -0.321. The number of carbonyl (C=O) groups excluding carboxylic acids is 1. The monoisotopic (exact) mass is 263 g/mol. The molecular weight excluding hydrogens is 245 g/mol. The Hall–Kier alpha value is -1.68. The van der Waals surface area contributed by atoms with Crippen LogP contribution in [0.25, 0.3) is 5.57 Å². The molecule has 3 nitrogen and oxygen atoms in total. The lowest BCUT2D eigenvalue weighted by atomic mass is 10.1. The molecule has 1 aromatic rings. The highest BCUT2D eigenvalue weighted by molar-refractivity contribution is 5.95. The van der Waals surface area contributed by atoms with E-state index in [1.165, 1.54) is 12.1 Å². The van der Waals surface area contributed by atoms with Gasteiger partial charge in [0, 0.05) is 37.3 Å². The quantitative estimate of drug-likeness (QED) is 0.848. The van der Waals surface area contributed by atoms with Crippen LogP contribution in [0.5, 0.6) is 0 Å². The number of benzene rings is 1. The Kier molecular flexibility index (Phi) is 4.32. The molecule has 19 heavy (non-hydrogen) atoms. The van der Waals surface area contributed by atoms with E-state index in [0.717, 1.165) is 6.42 Å². The van der Waals surface area contributed by atoms with Crippen molar-refractivity contribution in [2.75, 3.05) is 19.7 Å². The Labute approximate surface area is 112 Å². The molecule has 1 unspecified atom stereocenters. The van der Waals surface area contributed by atoms with Crippen molar-refractivity contribution in [2.24, 2.45) is 5.92 Å². The third-order valence-corrected chi connectivity index (χ3v) is 3.49. The molecule has 0 radical (unpaired) electrons. The van der Waals surface area contributed by atoms with E-state index in [4.69, 9.17) is 5.11 Å². The average Bonchev–Trinajstić information content (AvgIpc) is 2.88. The van der Waals surface area contributed by atoms with E-state index in [2.05, 4.69) is 0 Å². The first-order chi connectivity index (χ1) is 9.11. The van der Waals surface area contributed by atoms with Crippen LogP contribution in [0.1, 0.15) is 18.9 Å². The molecule has 0 spiro atoms. The summed E-state index contributed by atoms with van der Waals surface area (Å²) >= 11 is 0. The molecule has 102 valence electrons. The highest BCUT2D eigenvalue weighted by Gasteiger charge is 2.24. The maximum atomic E-state index is 13.6. The number of likely N-dealkylation sites (tertiary alicyclic amines) is 1. The fraction of sp³-hybridized carbons (Fsp3) is 0.400. The summed E-state index contributed by atoms with van der Waals surface area (Å²) in [6, 6.07) is 6.42. The first-order valence-electron chi connectivity index (χ1n) is 6.44. The standard InChI is InChI=1S/C15H18FNO2/c1-11(13-4-2-3-5-14(13)16)8-15(19)17-7-6-12(9-17)10-18/h2-5,8,12,18H,6-7,9-10H2,1H3/b11-8-. The van der Waals surface area contributed by atoms with Gasteiger partial charge in [-0.3, -0.25) is 4.79 Å². The highest BCUT2D eigenvalue weighted by Crippen LogP contribution is 2.20. The zero-order valence-electron chi connectivity index (χ0n) is 11.0. The van der Waals surface area contributed by atoms with Gasteiger partial charge in [0.2, 0.25) is 5.91 Å². The number of carbonyl (C=O) groups is 1. The normalized spacial score (nSPS) is 19.8. The van der Waals surface area contributed by atoms with Gasteiger partial charge in [-0.1, -0.05) is 18.2 Å². The first kappa shape index (κ1) is 13.7. The molecular formula is C15H18FNO2. The lowest BCUT2D eigenvalue weighted by Gasteiger charge is -2.14. The molecule has 0 aromatic heterocycles. The molecule has 1 amide bonds. The highest BCUT2D eigenvalue weighted by atomic mass is 19.1. The van der Waals surface area contributed by atoms with Gasteiger partial charge in [0.1, 0.15) is 5.82 Å². The minimum absolute atomic E-state index is 0.111. The number of halogens is 1. The number of aliphatic hydroxyl groups is 1. The lowest BCUT2D eigenvalue weighted by molar-refractivity contribution is -0.125. The molecule has 1 atom stereocenters. The summed E-state index contributed by atoms with van der Waals surface area (Å²) in [6.07, 6.45) is 2.30. The van der Waals surface area contributed by atoms with Gasteiger partial charge in [0.05, 0.1) is 0 Å². The maximum Gasteiger partial charge on any atom is 0.246 e. The van der Waals surface area contributed by atoms with Crippen molar-refractivity contribution in [3.63, 3.8) is 0 Å². The molecule has 1 fully saturated rings. The van der Waals surface area contributed by atoms with Crippen LogP contribution in [0.3, 0.4) is 0 Å². The van der Waals surface area contributed by atoms with E-state index in [0.29, 0.717) is 24.2 Å². The van der Waals surface area contributed by atoms with Gasteiger partial charge in [-0.2, -0.15) is 0 Å².